The maximum atomic E-state index is 12.0. The molecule has 2 fully saturated rings. The summed E-state index contributed by atoms with van der Waals surface area (Å²) in [6, 6.07) is 6.83. The number of sulfone groups is 1. The first-order chi connectivity index (χ1) is 11.3. The van der Waals surface area contributed by atoms with Crippen molar-refractivity contribution in [3.8, 4) is 6.07 Å². The number of aliphatic imine (C=N–C) groups is 1. The van der Waals surface area contributed by atoms with Crippen molar-refractivity contribution in [3.05, 3.63) is 28.8 Å². The van der Waals surface area contributed by atoms with Crippen LogP contribution in [0.2, 0.25) is 5.02 Å². The van der Waals surface area contributed by atoms with Crippen LogP contribution in [0.3, 0.4) is 0 Å². The summed E-state index contributed by atoms with van der Waals surface area (Å²) in [5.41, 5.74) is 1.65. The minimum Gasteiger partial charge on any atom is -0.315 e. The van der Waals surface area contributed by atoms with Crippen LogP contribution in [-0.2, 0) is 14.6 Å². The van der Waals surface area contributed by atoms with E-state index >= 15 is 0 Å². The topological polar surface area (TPSA) is 90.6 Å². The molecule has 0 aromatic heterocycles. The molecule has 3 rings (SSSR count). The average Bonchev–Trinajstić information content (AvgIpc) is 2.93. The van der Waals surface area contributed by atoms with Gasteiger partial charge < -0.3 is 4.90 Å². The molecule has 1 aromatic carbocycles. The quantitative estimate of drug-likeness (QED) is 0.777. The van der Waals surface area contributed by atoms with Gasteiger partial charge in [0.1, 0.15) is 6.42 Å². The minimum atomic E-state index is -3.12. The summed E-state index contributed by atoms with van der Waals surface area (Å²) in [5, 5.41) is 9.42. The van der Waals surface area contributed by atoms with E-state index in [1.807, 2.05) is 13.0 Å². The Labute approximate surface area is 149 Å². The van der Waals surface area contributed by atoms with Crippen LogP contribution in [0, 0.1) is 18.3 Å². The molecule has 2 heterocycles. The summed E-state index contributed by atoms with van der Waals surface area (Å²) in [6.07, 6.45) is -0.305. The van der Waals surface area contributed by atoms with Gasteiger partial charge in [0.15, 0.2) is 15.0 Å². The number of thioether (sulfide) groups is 1. The number of fused-ring (bicyclic) bond motifs is 1. The molecular weight excluding hydrogens is 370 g/mol. The van der Waals surface area contributed by atoms with Gasteiger partial charge in [-0.1, -0.05) is 29.4 Å². The standard InChI is InChI=1S/C15H14ClN3O3S2/c1-9-2-3-10(16)6-11(9)19-12-7-24(21,22)8-13(12)23-15(19)18-14(20)4-5-17/h2-3,6,12-13H,4,7-8H2,1H3/t12-,13-/m0/s1. The molecule has 0 spiro atoms. The maximum absolute atomic E-state index is 12.0. The van der Waals surface area contributed by atoms with E-state index in [-0.39, 0.29) is 29.2 Å². The van der Waals surface area contributed by atoms with Crippen LogP contribution < -0.4 is 4.90 Å². The van der Waals surface area contributed by atoms with Gasteiger partial charge in [-0.3, -0.25) is 4.79 Å². The number of amidine groups is 1. The van der Waals surface area contributed by atoms with Crippen molar-refractivity contribution >= 4 is 50.0 Å². The first-order valence-electron chi connectivity index (χ1n) is 7.21. The van der Waals surface area contributed by atoms with Crippen molar-refractivity contribution < 1.29 is 13.2 Å². The average molecular weight is 384 g/mol. The highest BCUT2D eigenvalue weighted by Crippen LogP contribution is 2.42. The molecule has 6 nitrogen and oxygen atoms in total. The van der Waals surface area contributed by atoms with Crippen LogP contribution in [-0.4, -0.2) is 42.3 Å². The summed E-state index contributed by atoms with van der Waals surface area (Å²) >= 11 is 7.37. The molecule has 0 N–H and O–H groups in total. The summed E-state index contributed by atoms with van der Waals surface area (Å²) in [6.45, 7) is 1.89. The molecule has 0 bridgehead atoms. The van der Waals surface area contributed by atoms with Crippen molar-refractivity contribution in [1.29, 1.82) is 5.26 Å². The Morgan fingerprint density at radius 2 is 2.25 bits per heavy atom. The van der Waals surface area contributed by atoms with Crippen LogP contribution in [0.1, 0.15) is 12.0 Å². The number of anilines is 1. The second-order valence-electron chi connectivity index (χ2n) is 5.72. The van der Waals surface area contributed by atoms with Gasteiger partial charge in [0, 0.05) is 16.0 Å². The Morgan fingerprint density at radius 1 is 1.50 bits per heavy atom. The first kappa shape index (κ1) is 17.3. The predicted octanol–water partition coefficient (Wildman–Crippen LogP) is 2.16. The predicted molar refractivity (Wildman–Crippen MR) is 95.2 cm³/mol. The van der Waals surface area contributed by atoms with Gasteiger partial charge in [-0.25, -0.2) is 8.42 Å². The van der Waals surface area contributed by atoms with E-state index in [2.05, 4.69) is 4.99 Å². The number of hydrogen-bond acceptors (Lipinski definition) is 5. The molecule has 2 atom stereocenters. The van der Waals surface area contributed by atoms with E-state index in [0.717, 1.165) is 11.3 Å². The lowest BCUT2D eigenvalue weighted by Gasteiger charge is -2.26. The van der Waals surface area contributed by atoms with Gasteiger partial charge in [0.05, 0.1) is 23.6 Å². The third-order valence-electron chi connectivity index (χ3n) is 3.95. The number of halogens is 1. The number of benzene rings is 1. The summed E-state index contributed by atoms with van der Waals surface area (Å²) in [4.78, 5) is 17.6. The molecule has 9 heteroatoms. The molecule has 1 amide bonds. The van der Waals surface area contributed by atoms with Crippen molar-refractivity contribution in [1.82, 2.24) is 0 Å². The van der Waals surface area contributed by atoms with Gasteiger partial charge in [-0.2, -0.15) is 10.3 Å². The molecule has 2 saturated heterocycles. The first-order valence-corrected chi connectivity index (χ1v) is 10.3. The maximum Gasteiger partial charge on any atom is 0.262 e. The zero-order valence-electron chi connectivity index (χ0n) is 12.8. The molecule has 1 aromatic rings. The number of amides is 1. The highest BCUT2D eigenvalue weighted by Gasteiger charge is 2.49. The monoisotopic (exact) mass is 383 g/mol. The third kappa shape index (κ3) is 3.29. The molecule has 0 unspecified atom stereocenters. The Kier molecular flexibility index (Phi) is 4.60. The minimum absolute atomic E-state index is 0.0160. The van der Waals surface area contributed by atoms with Gasteiger partial charge in [-0.05, 0) is 24.6 Å². The van der Waals surface area contributed by atoms with Gasteiger partial charge >= 0.3 is 0 Å². The Balaban J connectivity index is 2.06. The van der Waals surface area contributed by atoms with Crippen molar-refractivity contribution in [2.45, 2.75) is 24.6 Å². The fourth-order valence-electron chi connectivity index (χ4n) is 2.90. The number of carbonyl (C=O) groups excluding carboxylic acids is 1. The van der Waals surface area contributed by atoms with Gasteiger partial charge in [0.2, 0.25) is 0 Å². The summed E-state index contributed by atoms with van der Waals surface area (Å²) in [5.74, 6) is -0.459. The molecule has 24 heavy (non-hydrogen) atoms. The molecule has 126 valence electrons. The smallest absolute Gasteiger partial charge is 0.262 e. The molecule has 2 aliphatic rings. The normalized spacial score (nSPS) is 26.4. The fourth-order valence-corrected chi connectivity index (χ4v) is 6.99. The molecular formula is C15H14ClN3O3S2. The second-order valence-corrected chi connectivity index (χ2v) is 9.52. The van der Waals surface area contributed by atoms with E-state index in [1.54, 1.807) is 23.1 Å². The van der Waals surface area contributed by atoms with Crippen LogP contribution in [0.5, 0.6) is 0 Å². The van der Waals surface area contributed by atoms with Crippen LogP contribution >= 0.6 is 23.4 Å². The number of nitrogens with zero attached hydrogens (tertiary/aromatic N) is 3. The number of aryl methyl sites for hydroxylation is 1. The SMILES string of the molecule is Cc1ccc(Cl)cc1N1C(=NC(=O)CC#N)S[C@H]2CS(=O)(=O)C[C@@H]21. The zero-order valence-corrected chi connectivity index (χ0v) is 15.2. The summed E-state index contributed by atoms with van der Waals surface area (Å²) in [7, 11) is -3.12. The van der Waals surface area contributed by atoms with E-state index < -0.39 is 15.7 Å². The van der Waals surface area contributed by atoms with E-state index in [0.29, 0.717) is 10.2 Å². The van der Waals surface area contributed by atoms with Crippen LogP contribution in [0.4, 0.5) is 5.69 Å². The number of rotatable bonds is 2. The summed E-state index contributed by atoms with van der Waals surface area (Å²) < 4.78 is 24.0. The second kappa shape index (κ2) is 6.39. The lowest BCUT2D eigenvalue weighted by atomic mass is 10.1. The van der Waals surface area contributed by atoms with Crippen molar-refractivity contribution in [2.24, 2.45) is 4.99 Å². The molecule has 0 aliphatic carbocycles. The number of hydrogen-bond donors (Lipinski definition) is 0. The van der Waals surface area contributed by atoms with E-state index in [4.69, 9.17) is 16.9 Å². The van der Waals surface area contributed by atoms with E-state index in [9.17, 15) is 13.2 Å². The van der Waals surface area contributed by atoms with Crippen molar-refractivity contribution in [2.75, 3.05) is 16.4 Å². The van der Waals surface area contributed by atoms with Gasteiger partial charge in [-0.15, -0.1) is 0 Å². The van der Waals surface area contributed by atoms with Crippen LogP contribution in [0.15, 0.2) is 23.2 Å². The Hall–Kier alpha value is -1.56. The van der Waals surface area contributed by atoms with Crippen molar-refractivity contribution in [3.63, 3.8) is 0 Å². The van der Waals surface area contributed by atoms with Gasteiger partial charge in [0.25, 0.3) is 5.91 Å². The fraction of sp³-hybridized carbons (Fsp3) is 0.400. The highest BCUT2D eigenvalue weighted by atomic mass is 35.5. The van der Waals surface area contributed by atoms with Crippen LogP contribution in [0.25, 0.3) is 0 Å². The Morgan fingerprint density at radius 3 is 2.96 bits per heavy atom. The zero-order chi connectivity index (χ0) is 17.5. The lowest BCUT2D eigenvalue weighted by Crippen LogP contribution is -2.38. The number of carbonyl (C=O) groups is 1. The lowest BCUT2D eigenvalue weighted by molar-refractivity contribution is -0.116. The molecule has 0 radical (unpaired) electrons. The number of nitriles is 1. The largest absolute Gasteiger partial charge is 0.315 e. The highest BCUT2D eigenvalue weighted by molar-refractivity contribution is 8.16. The van der Waals surface area contributed by atoms with E-state index in [1.165, 1.54) is 11.8 Å². The molecule has 0 saturated carbocycles. The molecule has 2 aliphatic heterocycles. The third-order valence-corrected chi connectivity index (χ3v) is 7.39. The Bertz CT molecular complexity index is 876.